The van der Waals surface area contributed by atoms with Crippen LogP contribution in [-0.2, 0) is 5.88 Å². The third kappa shape index (κ3) is 3.07. The Morgan fingerprint density at radius 2 is 1.74 bits per heavy atom. The molecule has 0 fully saturated rings. The van der Waals surface area contributed by atoms with E-state index < -0.39 is 0 Å². The quantitative estimate of drug-likeness (QED) is 0.673. The molecule has 0 atom stereocenters. The summed E-state index contributed by atoms with van der Waals surface area (Å²) in [6, 6.07) is 12.5. The van der Waals surface area contributed by atoms with Gasteiger partial charge in [0, 0.05) is 5.56 Å². The highest BCUT2D eigenvalue weighted by Crippen LogP contribution is 2.33. The molecule has 0 saturated heterocycles. The summed E-state index contributed by atoms with van der Waals surface area (Å²) in [5.74, 6) is 1.31. The highest BCUT2D eigenvalue weighted by atomic mass is 35.5. The lowest BCUT2D eigenvalue weighted by Crippen LogP contribution is -1.97. The van der Waals surface area contributed by atoms with Crippen LogP contribution in [0.5, 0.6) is 11.5 Å². The zero-order chi connectivity index (χ0) is 13.8. The molecule has 1 nitrogen and oxygen atoms in total. The maximum atomic E-state index is 13.6. The first-order valence-corrected chi connectivity index (χ1v) is 6.77. The van der Waals surface area contributed by atoms with Gasteiger partial charge in [0.1, 0.15) is 17.3 Å². The van der Waals surface area contributed by atoms with Crippen molar-refractivity contribution < 1.29 is 9.13 Å². The average Bonchev–Trinajstić information content (AvgIpc) is 2.39. The van der Waals surface area contributed by atoms with Crippen LogP contribution in [0, 0.1) is 5.82 Å². The maximum Gasteiger partial charge on any atom is 0.134 e. The van der Waals surface area contributed by atoms with Crippen LogP contribution in [0.15, 0.2) is 42.5 Å². The number of benzene rings is 2. The van der Waals surface area contributed by atoms with Gasteiger partial charge in [-0.05, 0) is 29.7 Å². The molecule has 0 aliphatic heterocycles. The molecule has 0 aromatic heterocycles. The maximum absolute atomic E-state index is 13.6. The zero-order valence-corrected chi connectivity index (χ0v) is 11.7. The van der Waals surface area contributed by atoms with Gasteiger partial charge in [0.2, 0.25) is 0 Å². The lowest BCUT2D eigenvalue weighted by molar-refractivity contribution is 0.462. The Hall–Kier alpha value is -1.54. The number of alkyl halides is 1. The van der Waals surface area contributed by atoms with E-state index in [2.05, 4.69) is 13.8 Å². The van der Waals surface area contributed by atoms with Crippen molar-refractivity contribution in [2.24, 2.45) is 0 Å². The number of ether oxygens (including phenoxy) is 1. The summed E-state index contributed by atoms with van der Waals surface area (Å²) in [5, 5.41) is 0. The minimum Gasteiger partial charge on any atom is -0.457 e. The number of para-hydroxylation sites is 1. The number of hydrogen-bond acceptors (Lipinski definition) is 1. The van der Waals surface area contributed by atoms with Crippen LogP contribution in [-0.4, -0.2) is 0 Å². The summed E-state index contributed by atoms with van der Waals surface area (Å²) < 4.78 is 19.5. The Morgan fingerprint density at radius 1 is 1.05 bits per heavy atom. The molecule has 0 aliphatic carbocycles. The molecule has 0 aliphatic rings. The monoisotopic (exact) mass is 278 g/mol. The Bertz CT molecular complexity index is 566. The van der Waals surface area contributed by atoms with E-state index in [9.17, 15) is 4.39 Å². The van der Waals surface area contributed by atoms with Crippen molar-refractivity contribution in [1.29, 1.82) is 0 Å². The fraction of sp³-hybridized carbons (Fsp3) is 0.250. The van der Waals surface area contributed by atoms with Crippen molar-refractivity contribution in [2.45, 2.75) is 25.6 Å². The van der Waals surface area contributed by atoms with Crippen LogP contribution >= 0.6 is 11.6 Å². The van der Waals surface area contributed by atoms with Crippen molar-refractivity contribution in [3.05, 3.63) is 59.4 Å². The third-order valence-corrected chi connectivity index (χ3v) is 3.24. The normalized spacial score (nSPS) is 10.8. The van der Waals surface area contributed by atoms with Gasteiger partial charge in [0.05, 0.1) is 5.88 Å². The van der Waals surface area contributed by atoms with Crippen molar-refractivity contribution in [3.63, 3.8) is 0 Å². The second-order valence-electron chi connectivity index (χ2n) is 4.64. The van der Waals surface area contributed by atoms with E-state index >= 15 is 0 Å². The van der Waals surface area contributed by atoms with Crippen molar-refractivity contribution in [2.75, 3.05) is 0 Å². The first kappa shape index (κ1) is 13.9. The highest BCUT2D eigenvalue weighted by molar-refractivity contribution is 6.17. The Kier molecular flexibility index (Phi) is 4.43. The van der Waals surface area contributed by atoms with E-state index in [1.165, 1.54) is 6.07 Å². The van der Waals surface area contributed by atoms with Gasteiger partial charge in [-0.2, -0.15) is 0 Å². The summed E-state index contributed by atoms with van der Waals surface area (Å²) in [6.45, 7) is 4.19. The summed E-state index contributed by atoms with van der Waals surface area (Å²) in [4.78, 5) is 0. The van der Waals surface area contributed by atoms with Crippen LogP contribution in [0.25, 0.3) is 0 Å². The van der Waals surface area contributed by atoms with E-state index in [0.717, 1.165) is 11.3 Å². The van der Waals surface area contributed by atoms with Gasteiger partial charge in [-0.3, -0.25) is 0 Å². The standard InChI is InChI=1S/C16H16ClFO/c1-11(2)12-6-3-4-8-15(12)19-16-9-5-7-14(18)13(16)10-17/h3-9,11H,10H2,1-2H3. The van der Waals surface area contributed by atoms with Crippen molar-refractivity contribution >= 4 is 11.6 Å². The Balaban J connectivity index is 2.39. The fourth-order valence-corrected chi connectivity index (χ4v) is 2.19. The van der Waals surface area contributed by atoms with Crippen LogP contribution in [0.4, 0.5) is 4.39 Å². The SMILES string of the molecule is CC(C)c1ccccc1Oc1cccc(F)c1CCl. The minimum atomic E-state index is -0.338. The first-order chi connectivity index (χ1) is 9.13. The number of hydrogen-bond donors (Lipinski definition) is 0. The van der Waals surface area contributed by atoms with E-state index in [-0.39, 0.29) is 11.7 Å². The largest absolute Gasteiger partial charge is 0.457 e. The van der Waals surface area contributed by atoms with E-state index in [1.54, 1.807) is 12.1 Å². The summed E-state index contributed by atoms with van der Waals surface area (Å²) >= 11 is 5.79. The molecule has 100 valence electrons. The lowest BCUT2D eigenvalue weighted by Gasteiger charge is -2.15. The summed E-state index contributed by atoms with van der Waals surface area (Å²) in [7, 11) is 0. The molecule has 2 rings (SSSR count). The topological polar surface area (TPSA) is 9.23 Å². The van der Waals surface area contributed by atoms with Crippen LogP contribution in [0.3, 0.4) is 0 Å². The molecule has 0 bridgehead atoms. The summed E-state index contributed by atoms with van der Waals surface area (Å²) in [6.07, 6.45) is 0. The molecular formula is C16H16ClFO. The second kappa shape index (κ2) is 6.07. The van der Waals surface area contributed by atoms with Crippen LogP contribution in [0.1, 0.15) is 30.9 Å². The molecular weight excluding hydrogens is 263 g/mol. The molecule has 0 saturated carbocycles. The van der Waals surface area contributed by atoms with Gasteiger partial charge in [0.15, 0.2) is 0 Å². The average molecular weight is 279 g/mol. The van der Waals surface area contributed by atoms with Gasteiger partial charge in [-0.1, -0.05) is 38.1 Å². The van der Waals surface area contributed by atoms with E-state index in [4.69, 9.17) is 16.3 Å². The third-order valence-electron chi connectivity index (χ3n) is 2.97. The van der Waals surface area contributed by atoms with Gasteiger partial charge in [0.25, 0.3) is 0 Å². The van der Waals surface area contributed by atoms with E-state index in [0.29, 0.717) is 17.2 Å². The molecule has 0 unspecified atom stereocenters. The van der Waals surface area contributed by atoms with Gasteiger partial charge in [-0.25, -0.2) is 4.39 Å². The van der Waals surface area contributed by atoms with Crippen LogP contribution in [0.2, 0.25) is 0 Å². The summed E-state index contributed by atoms with van der Waals surface area (Å²) in [5.41, 5.74) is 1.48. The first-order valence-electron chi connectivity index (χ1n) is 6.23. The predicted molar refractivity (Wildman–Crippen MR) is 76.6 cm³/mol. The second-order valence-corrected chi connectivity index (χ2v) is 4.91. The molecule has 0 N–H and O–H groups in total. The molecule has 0 amide bonds. The molecule has 19 heavy (non-hydrogen) atoms. The van der Waals surface area contributed by atoms with Crippen LogP contribution < -0.4 is 4.74 Å². The molecule has 2 aromatic rings. The fourth-order valence-electron chi connectivity index (χ4n) is 1.93. The number of rotatable bonds is 4. The lowest BCUT2D eigenvalue weighted by atomic mass is 10.0. The van der Waals surface area contributed by atoms with Crippen molar-refractivity contribution in [3.8, 4) is 11.5 Å². The molecule has 2 aromatic carbocycles. The Morgan fingerprint density at radius 3 is 2.42 bits per heavy atom. The number of halogens is 2. The molecule has 3 heteroatoms. The van der Waals surface area contributed by atoms with Gasteiger partial charge >= 0.3 is 0 Å². The van der Waals surface area contributed by atoms with E-state index in [1.807, 2.05) is 24.3 Å². The molecule has 0 heterocycles. The van der Waals surface area contributed by atoms with Gasteiger partial charge in [-0.15, -0.1) is 11.6 Å². The minimum absolute atomic E-state index is 0.0891. The van der Waals surface area contributed by atoms with Crippen molar-refractivity contribution in [1.82, 2.24) is 0 Å². The molecule has 0 radical (unpaired) electrons. The smallest absolute Gasteiger partial charge is 0.134 e. The van der Waals surface area contributed by atoms with Gasteiger partial charge < -0.3 is 4.74 Å². The zero-order valence-electron chi connectivity index (χ0n) is 11.0. The highest BCUT2D eigenvalue weighted by Gasteiger charge is 2.12. The predicted octanol–water partition coefficient (Wildman–Crippen LogP) is 5.48. The Labute approximate surface area is 118 Å². The molecule has 0 spiro atoms.